The zero-order chi connectivity index (χ0) is 15.5. The minimum Gasteiger partial charge on any atom is -0.479 e. The van der Waals surface area contributed by atoms with Crippen molar-refractivity contribution in [3.05, 3.63) is 0 Å². The van der Waals surface area contributed by atoms with Crippen LogP contribution in [0.2, 0.25) is 0 Å². The van der Waals surface area contributed by atoms with Crippen molar-refractivity contribution in [1.82, 2.24) is 15.5 Å². The number of hydrogen-bond acceptors (Lipinski definition) is 4. The van der Waals surface area contributed by atoms with E-state index in [1.165, 1.54) is 0 Å². The Kier molecular flexibility index (Phi) is 9.75. The smallest absolute Gasteiger partial charge is 0.334 e. The fourth-order valence-electron chi connectivity index (χ4n) is 1.78. The number of carbonyl (C=O) groups excluding carboxylic acids is 1. The van der Waals surface area contributed by atoms with Gasteiger partial charge < -0.3 is 25.7 Å². The summed E-state index contributed by atoms with van der Waals surface area (Å²) in [6, 6.07) is -0.451. The maximum Gasteiger partial charge on any atom is 0.334 e. The second-order valence-electron chi connectivity index (χ2n) is 4.78. The van der Waals surface area contributed by atoms with Gasteiger partial charge in [0.15, 0.2) is 6.10 Å². The highest BCUT2D eigenvalue weighted by atomic mass is 16.4. The molecule has 7 heteroatoms. The van der Waals surface area contributed by atoms with Crippen molar-refractivity contribution in [2.75, 3.05) is 26.2 Å². The Hall–Kier alpha value is -1.34. The summed E-state index contributed by atoms with van der Waals surface area (Å²) in [5.41, 5.74) is 0. The van der Waals surface area contributed by atoms with Crippen molar-refractivity contribution in [1.29, 1.82) is 0 Å². The predicted octanol–water partition coefficient (Wildman–Crippen LogP) is 0.242. The van der Waals surface area contributed by atoms with E-state index in [9.17, 15) is 9.59 Å². The van der Waals surface area contributed by atoms with Gasteiger partial charge in [-0.1, -0.05) is 13.8 Å². The van der Waals surface area contributed by atoms with E-state index in [1.807, 2.05) is 6.92 Å². The molecule has 2 atom stereocenters. The first-order chi connectivity index (χ1) is 9.40. The molecule has 20 heavy (non-hydrogen) atoms. The SMILES string of the molecule is CCN(CC)CCCC(C)NC(=O)NC[C@H](O)C(=O)O. The normalized spacial score (nSPS) is 13.8. The molecule has 0 aliphatic carbocycles. The van der Waals surface area contributed by atoms with Crippen molar-refractivity contribution >= 4 is 12.0 Å². The quantitative estimate of drug-likeness (QED) is 0.461. The van der Waals surface area contributed by atoms with E-state index in [4.69, 9.17) is 10.2 Å². The van der Waals surface area contributed by atoms with E-state index in [1.54, 1.807) is 0 Å². The van der Waals surface area contributed by atoms with Crippen LogP contribution in [0.4, 0.5) is 4.79 Å². The molecule has 0 saturated carbocycles. The van der Waals surface area contributed by atoms with Crippen LogP contribution in [-0.2, 0) is 4.79 Å². The van der Waals surface area contributed by atoms with E-state index in [-0.39, 0.29) is 12.6 Å². The second kappa shape index (κ2) is 10.4. The fraction of sp³-hybridized carbons (Fsp3) is 0.846. The summed E-state index contributed by atoms with van der Waals surface area (Å²) in [6.07, 6.45) is 0.269. The third-order valence-corrected chi connectivity index (χ3v) is 3.12. The van der Waals surface area contributed by atoms with Crippen LogP contribution in [0.5, 0.6) is 0 Å². The number of aliphatic carboxylic acids is 1. The lowest BCUT2D eigenvalue weighted by Crippen LogP contribution is -2.45. The van der Waals surface area contributed by atoms with Gasteiger partial charge in [-0.2, -0.15) is 0 Å². The molecule has 0 spiro atoms. The molecule has 0 radical (unpaired) electrons. The minimum absolute atomic E-state index is 0.00698. The number of nitrogens with one attached hydrogen (secondary N) is 2. The number of hydrogen-bond donors (Lipinski definition) is 4. The third-order valence-electron chi connectivity index (χ3n) is 3.12. The lowest BCUT2D eigenvalue weighted by molar-refractivity contribution is -0.146. The van der Waals surface area contributed by atoms with Crippen LogP contribution in [0.15, 0.2) is 0 Å². The molecule has 118 valence electrons. The summed E-state index contributed by atoms with van der Waals surface area (Å²) in [5.74, 6) is -1.35. The van der Waals surface area contributed by atoms with E-state index < -0.39 is 18.1 Å². The molecule has 2 amide bonds. The van der Waals surface area contributed by atoms with Crippen molar-refractivity contribution in [3.8, 4) is 0 Å². The summed E-state index contributed by atoms with van der Waals surface area (Å²) in [5, 5.41) is 22.5. The molecule has 0 saturated heterocycles. The molecule has 4 N–H and O–H groups in total. The van der Waals surface area contributed by atoms with Crippen LogP contribution in [0.25, 0.3) is 0 Å². The average Bonchev–Trinajstić information content (AvgIpc) is 2.40. The number of carbonyl (C=O) groups is 2. The summed E-state index contributed by atoms with van der Waals surface area (Å²) in [4.78, 5) is 24.1. The Balaban J connectivity index is 3.77. The van der Waals surface area contributed by atoms with Crippen LogP contribution < -0.4 is 10.6 Å². The van der Waals surface area contributed by atoms with E-state index in [0.717, 1.165) is 32.5 Å². The highest BCUT2D eigenvalue weighted by molar-refractivity contribution is 5.76. The number of urea groups is 1. The first-order valence-corrected chi connectivity index (χ1v) is 7.08. The lowest BCUT2D eigenvalue weighted by Gasteiger charge is -2.20. The zero-order valence-electron chi connectivity index (χ0n) is 12.6. The molecule has 0 bridgehead atoms. The number of rotatable bonds is 10. The average molecular weight is 289 g/mol. The van der Waals surface area contributed by atoms with Crippen LogP contribution >= 0.6 is 0 Å². The van der Waals surface area contributed by atoms with E-state index in [0.29, 0.717) is 0 Å². The molecule has 0 aliphatic heterocycles. The highest BCUT2D eigenvalue weighted by Gasteiger charge is 2.14. The van der Waals surface area contributed by atoms with Crippen LogP contribution in [0.3, 0.4) is 0 Å². The Bertz CT molecular complexity index is 295. The standard InChI is InChI=1S/C13H27N3O4/c1-4-16(5-2)8-6-7-10(3)15-13(20)14-9-11(17)12(18)19/h10-11,17H,4-9H2,1-3H3,(H,18,19)(H2,14,15,20)/t10?,11-/m0/s1. The third kappa shape index (κ3) is 8.71. The predicted molar refractivity (Wildman–Crippen MR) is 76.7 cm³/mol. The van der Waals surface area contributed by atoms with Gasteiger partial charge in [0.25, 0.3) is 0 Å². The molecule has 0 aromatic carbocycles. The van der Waals surface area contributed by atoms with E-state index in [2.05, 4.69) is 29.4 Å². The molecule has 0 aromatic heterocycles. The molecule has 0 aromatic rings. The minimum atomic E-state index is -1.57. The van der Waals surface area contributed by atoms with Crippen molar-refractivity contribution < 1.29 is 19.8 Å². The second-order valence-corrected chi connectivity index (χ2v) is 4.78. The highest BCUT2D eigenvalue weighted by Crippen LogP contribution is 1.99. The van der Waals surface area contributed by atoms with E-state index >= 15 is 0 Å². The number of aliphatic hydroxyl groups is 1. The molecule has 0 aliphatic rings. The first-order valence-electron chi connectivity index (χ1n) is 7.08. The lowest BCUT2D eigenvalue weighted by atomic mass is 10.2. The molecule has 0 fully saturated rings. The number of carboxylic acid groups (broad SMARTS) is 1. The summed E-state index contributed by atoms with van der Waals surface area (Å²) < 4.78 is 0. The summed E-state index contributed by atoms with van der Waals surface area (Å²) >= 11 is 0. The van der Waals surface area contributed by atoms with Gasteiger partial charge >= 0.3 is 12.0 Å². The maximum atomic E-state index is 11.5. The van der Waals surface area contributed by atoms with Gasteiger partial charge in [0.2, 0.25) is 0 Å². The zero-order valence-corrected chi connectivity index (χ0v) is 12.6. The summed E-state index contributed by atoms with van der Waals surface area (Å²) in [7, 11) is 0. The van der Waals surface area contributed by atoms with Gasteiger partial charge in [-0.15, -0.1) is 0 Å². The topological polar surface area (TPSA) is 102 Å². The maximum absolute atomic E-state index is 11.5. The van der Waals surface area contributed by atoms with Crippen molar-refractivity contribution in [2.45, 2.75) is 45.8 Å². The van der Waals surface area contributed by atoms with Gasteiger partial charge in [-0.3, -0.25) is 0 Å². The number of aliphatic hydroxyl groups excluding tert-OH is 1. The Labute approximate surface area is 120 Å². The van der Waals surface area contributed by atoms with Crippen LogP contribution in [0.1, 0.15) is 33.6 Å². The Morgan fingerprint density at radius 3 is 2.35 bits per heavy atom. The van der Waals surface area contributed by atoms with Gasteiger partial charge in [-0.25, -0.2) is 9.59 Å². The monoisotopic (exact) mass is 289 g/mol. The number of nitrogens with zero attached hydrogens (tertiary/aromatic N) is 1. The molecular weight excluding hydrogens is 262 g/mol. The van der Waals surface area contributed by atoms with Gasteiger partial charge in [0.1, 0.15) is 0 Å². The molecule has 0 heterocycles. The molecule has 7 nitrogen and oxygen atoms in total. The van der Waals surface area contributed by atoms with Gasteiger partial charge in [0, 0.05) is 6.04 Å². The van der Waals surface area contributed by atoms with Gasteiger partial charge in [0.05, 0.1) is 6.54 Å². The van der Waals surface area contributed by atoms with Crippen molar-refractivity contribution in [3.63, 3.8) is 0 Å². The Morgan fingerprint density at radius 1 is 1.25 bits per heavy atom. The van der Waals surface area contributed by atoms with Crippen molar-refractivity contribution in [2.24, 2.45) is 0 Å². The fourth-order valence-corrected chi connectivity index (χ4v) is 1.78. The molecular formula is C13H27N3O4. The molecule has 0 rings (SSSR count). The number of carboxylic acids is 1. The first kappa shape index (κ1) is 18.7. The number of amides is 2. The molecule has 1 unspecified atom stereocenters. The van der Waals surface area contributed by atoms with Crippen LogP contribution in [-0.4, -0.2) is 65.4 Å². The van der Waals surface area contributed by atoms with Gasteiger partial charge in [-0.05, 0) is 39.4 Å². The summed E-state index contributed by atoms with van der Waals surface area (Å²) in [6.45, 7) is 8.87. The van der Waals surface area contributed by atoms with Crippen LogP contribution in [0, 0.1) is 0 Å². The Morgan fingerprint density at radius 2 is 1.85 bits per heavy atom. The largest absolute Gasteiger partial charge is 0.479 e.